The van der Waals surface area contributed by atoms with Gasteiger partial charge in [0.25, 0.3) is 11.9 Å². The number of halogens is 1. The second-order valence-electron chi connectivity index (χ2n) is 8.52. The van der Waals surface area contributed by atoms with E-state index in [9.17, 15) is 4.79 Å². The minimum Gasteiger partial charge on any atom is -0.494 e. The van der Waals surface area contributed by atoms with E-state index in [1.54, 1.807) is 24.3 Å². The van der Waals surface area contributed by atoms with E-state index in [1.165, 1.54) is 31.0 Å². The summed E-state index contributed by atoms with van der Waals surface area (Å²) in [5.74, 6) is 1.42. The fourth-order valence-electron chi connectivity index (χ4n) is 4.06. The van der Waals surface area contributed by atoms with Crippen LogP contribution < -0.4 is 24.7 Å². The van der Waals surface area contributed by atoms with E-state index in [4.69, 9.17) is 30.2 Å². The molecular weight excluding hydrogens is 446 g/mol. The predicted octanol–water partition coefficient (Wildman–Crippen LogP) is 5.77. The standard InChI is InChI=1S/C24H26ClNO5Si/c1-14-10-15-8-9-32(4,5)21(15)13-18(14)31-22-7-6-17(30-22)24(27)26-23-19(28-2)11-16(25)12-20(23)29-3/h6-7,10-13H,8-9H2,1-5H3,(H,26,27). The van der Waals surface area contributed by atoms with E-state index in [1.807, 2.05) is 6.92 Å². The van der Waals surface area contributed by atoms with Crippen molar-refractivity contribution in [2.75, 3.05) is 19.5 Å². The van der Waals surface area contributed by atoms with Crippen molar-refractivity contribution >= 4 is 36.5 Å². The Morgan fingerprint density at radius 2 is 1.75 bits per heavy atom. The zero-order chi connectivity index (χ0) is 23.0. The Labute approximate surface area is 193 Å². The largest absolute Gasteiger partial charge is 0.494 e. The number of furan rings is 1. The van der Waals surface area contributed by atoms with Crippen LogP contribution in [0, 0.1) is 6.92 Å². The average molecular weight is 472 g/mol. The van der Waals surface area contributed by atoms with Crippen molar-refractivity contribution in [3.63, 3.8) is 0 Å². The number of hydrogen-bond donors (Lipinski definition) is 1. The number of fused-ring (bicyclic) bond motifs is 1. The van der Waals surface area contributed by atoms with Crippen LogP contribution in [0.5, 0.6) is 23.2 Å². The summed E-state index contributed by atoms with van der Waals surface area (Å²) in [6, 6.07) is 12.0. The third-order valence-electron chi connectivity index (χ3n) is 5.87. The normalized spacial score (nSPS) is 14.1. The highest BCUT2D eigenvalue weighted by Crippen LogP contribution is 2.38. The molecule has 8 heteroatoms. The monoisotopic (exact) mass is 471 g/mol. The number of amides is 1. The number of carbonyl (C=O) groups is 1. The van der Waals surface area contributed by atoms with Gasteiger partial charge in [0.15, 0.2) is 5.76 Å². The smallest absolute Gasteiger partial charge is 0.291 e. The van der Waals surface area contributed by atoms with Crippen LogP contribution in [0.25, 0.3) is 0 Å². The summed E-state index contributed by atoms with van der Waals surface area (Å²) in [5, 5.41) is 4.63. The maximum Gasteiger partial charge on any atom is 0.291 e. The molecule has 4 rings (SSSR count). The average Bonchev–Trinajstić information content (AvgIpc) is 3.33. The molecule has 2 heterocycles. The Kier molecular flexibility index (Phi) is 5.96. The van der Waals surface area contributed by atoms with E-state index in [-0.39, 0.29) is 11.7 Å². The molecule has 6 nitrogen and oxygen atoms in total. The van der Waals surface area contributed by atoms with Crippen LogP contribution in [-0.4, -0.2) is 28.2 Å². The first kappa shape index (κ1) is 22.3. The molecule has 1 aromatic heterocycles. The van der Waals surface area contributed by atoms with Gasteiger partial charge in [-0.05, 0) is 42.6 Å². The van der Waals surface area contributed by atoms with Gasteiger partial charge in [-0.1, -0.05) is 35.9 Å². The molecule has 0 fully saturated rings. The fraction of sp³-hybridized carbons (Fsp3) is 0.292. The number of rotatable bonds is 6. The third-order valence-corrected chi connectivity index (χ3v) is 9.52. The highest BCUT2D eigenvalue weighted by atomic mass is 35.5. The molecular formula is C24H26ClNO5Si. The Bertz CT molecular complexity index is 1160. The third kappa shape index (κ3) is 4.22. The van der Waals surface area contributed by atoms with Crippen molar-refractivity contribution in [2.24, 2.45) is 0 Å². The lowest BCUT2D eigenvalue weighted by Gasteiger charge is -2.18. The van der Waals surface area contributed by atoms with E-state index in [0.717, 1.165) is 17.7 Å². The molecule has 0 atom stereocenters. The van der Waals surface area contributed by atoms with Crippen LogP contribution in [0.4, 0.5) is 5.69 Å². The van der Waals surface area contributed by atoms with Gasteiger partial charge in [0.1, 0.15) is 22.9 Å². The van der Waals surface area contributed by atoms with Gasteiger partial charge in [-0.2, -0.15) is 0 Å². The van der Waals surface area contributed by atoms with E-state index >= 15 is 0 Å². The molecule has 0 saturated heterocycles. The Morgan fingerprint density at radius 1 is 1.06 bits per heavy atom. The summed E-state index contributed by atoms with van der Waals surface area (Å²) >= 11 is 6.07. The number of hydrogen-bond acceptors (Lipinski definition) is 5. The van der Waals surface area contributed by atoms with Gasteiger partial charge in [-0.3, -0.25) is 4.79 Å². The summed E-state index contributed by atoms with van der Waals surface area (Å²) < 4.78 is 22.4. The molecule has 2 aromatic carbocycles. The van der Waals surface area contributed by atoms with Gasteiger partial charge < -0.3 is 23.9 Å². The maximum absolute atomic E-state index is 12.8. The van der Waals surface area contributed by atoms with Gasteiger partial charge in [0.05, 0.1) is 22.3 Å². The number of methoxy groups -OCH3 is 2. The number of benzene rings is 2. The van der Waals surface area contributed by atoms with Crippen molar-refractivity contribution in [3.05, 3.63) is 58.3 Å². The molecule has 3 aromatic rings. The molecule has 1 N–H and O–H groups in total. The molecule has 1 aliphatic heterocycles. The molecule has 0 saturated carbocycles. The number of nitrogens with one attached hydrogen (secondary N) is 1. The maximum atomic E-state index is 12.8. The van der Waals surface area contributed by atoms with E-state index in [0.29, 0.717) is 22.2 Å². The molecule has 1 aliphatic rings. The molecule has 0 spiro atoms. The molecule has 0 radical (unpaired) electrons. The summed E-state index contributed by atoms with van der Waals surface area (Å²) in [5.41, 5.74) is 2.84. The molecule has 1 amide bonds. The van der Waals surface area contributed by atoms with Crippen molar-refractivity contribution in [2.45, 2.75) is 32.5 Å². The van der Waals surface area contributed by atoms with E-state index in [2.05, 4.69) is 30.5 Å². The first-order chi connectivity index (χ1) is 15.2. The van der Waals surface area contributed by atoms with Crippen LogP contribution in [0.2, 0.25) is 24.2 Å². The van der Waals surface area contributed by atoms with Gasteiger partial charge >= 0.3 is 0 Å². The summed E-state index contributed by atoms with van der Waals surface area (Å²) in [7, 11) is 1.56. The quantitative estimate of drug-likeness (QED) is 0.462. The zero-order valence-corrected chi connectivity index (χ0v) is 20.6. The lowest BCUT2D eigenvalue weighted by atomic mass is 10.1. The molecule has 0 bridgehead atoms. The second-order valence-corrected chi connectivity index (χ2v) is 13.8. The summed E-state index contributed by atoms with van der Waals surface area (Å²) in [6.45, 7) is 6.79. The van der Waals surface area contributed by atoms with Gasteiger partial charge in [-0.25, -0.2) is 0 Å². The second kappa shape index (κ2) is 8.56. The lowest BCUT2D eigenvalue weighted by Crippen LogP contribution is -2.37. The van der Waals surface area contributed by atoms with Gasteiger partial charge in [0.2, 0.25) is 0 Å². The minimum atomic E-state index is -1.42. The Hall–Kier alpha value is -2.90. The van der Waals surface area contributed by atoms with E-state index < -0.39 is 14.0 Å². The first-order valence-electron chi connectivity index (χ1n) is 10.4. The topological polar surface area (TPSA) is 69.9 Å². The van der Waals surface area contributed by atoms with Crippen molar-refractivity contribution in [1.29, 1.82) is 0 Å². The Balaban J connectivity index is 1.55. The van der Waals surface area contributed by atoms with Crippen LogP contribution >= 0.6 is 11.6 Å². The SMILES string of the molecule is COc1cc(Cl)cc(OC)c1NC(=O)c1ccc(Oc2cc3c(cc2C)CC[Si]3(C)C)o1. The fourth-order valence-corrected chi connectivity index (χ4v) is 7.01. The van der Waals surface area contributed by atoms with Crippen LogP contribution in [0.1, 0.15) is 21.7 Å². The minimum absolute atomic E-state index is 0.104. The summed E-state index contributed by atoms with van der Waals surface area (Å²) in [4.78, 5) is 12.8. The molecule has 0 unspecified atom stereocenters. The molecule has 32 heavy (non-hydrogen) atoms. The van der Waals surface area contributed by atoms with Crippen molar-refractivity contribution in [1.82, 2.24) is 0 Å². The van der Waals surface area contributed by atoms with Crippen molar-refractivity contribution in [3.8, 4) is 23.2 Å². The number of ether oxygens (including phenoxy) is 3. The lowest BCUT2D eigenvalue weighted by molar-refractivity contribution is 0.0991. The summed E-state index contributed by atoms with van der Waals surface area (Å²) in [6.07, 6.45) is 1.14. The Morgan fingerprint density at radius 3 is 2.41 bits per heavy atom. The number of anilines is 1. The van der Waals surface area contributed by atoms with Crippen molar-refractivity contribution < 1.29 is 23.4 Å². The highest BCUT2D eigenvalue weighted by Gasteiger charge is 2.32. The predicted molar refractivity (Wildman–Crippen MR) is 128 cm³/mol. The molecule has 0 aliphatic carbocycles. The van der Waals surface area contributed by atoms with Gasteiger partial charge in [-0.15, -0.1) is 0 Å². The number of aryl methyl sites for hydroxylation is 2. The first-order valence-corrected chi connectivity index (χ1v) is 13.9. The van der Waals surface area contributed by atoms with Crippen LogP contribution in [-0.2, 0) is 6.42 Å². The van der Waals surface area contributed by atoms with Crippen LogP contribution in [0.15, 0.2) is 40.8 Å². The zero-order valence-electron chi connectivity index (χ0n) is 18.8. The van der Waals surface area contributed by atoms with Crippen LogP contribution in [0.3, 0.4) is 0 Å². The number of carbonyl (C=O) groups excluding carboxylic acids is 1. The molecule has 168 valence electrons. The van der Waals surface area contributed by atoms with Gasteiger partial charge in [0, 0.05) is 23.2 Å². The highest BCUT2D eigenvalue weighted by molar-refractivity contribution is 6.91.